The summed E-state index contributed by atoms with van der Waals surface area (Å²) in [5, 5.41) is 5.92. The Morgan fingerprint density at radius 2 is 1.04 bits per heavy atom. The minimum absolute atomic E-state index is 0.0833. The van der Waals surface area contributed by atoms with Gasteiger partial charge in [-0.05, 0) is 64.5 Å². The molecule has 28 heavy (non-hydrogen) atoms. The van der Waals surface area contributed by atoms with E-state index in [0.717, 1.165) is 46.2 Å². The molecule has 168 valence electrons. The molecule has 0 aromatic heterocycles. The number of rotatable bonds is 18. The third kappa shape index (κ3) is 15.5. The number of carbonyl (C=O) groups excluding carboxylic acids is 1. The molecule has 0 aliphatic carbocycles. The normalized spacial score (nSPS) is 13.9. The third-order valence-electron chi connectivity index (χ3n) is 4.45. The van der Waals surface area contributed by atoms with E-state index in [0.29, 0.717) is 50.6 Å². The lowest BCUT2D eigenvalue weighted by atomic mass is 10.2. The smallest absolute Gasteiger partial charge is 0.314 e. The Bertz CT molecular complexity index is 336. The van der Waals surface area contributed by atoms with Crippen molar-refractivity contribution in [1.82, 2.24) is 10.6 Å². The van der Waals surface area contributed by atoms with Gasteiger partial charge in [0.2, 0.25) is 0 Å². The number of carbonyl (C=O) groups is 1. The lowest BCUT2D eigenvalue weighted by Crippen LogP contribution is -2.37. The molecule has 2 atom stereocenters. The summed E-state index contributed by atoms with van der Waals surface area (Å²) in [6.45, 7) is 12.0. The van der Waals surface area contributed by atoms with Crippen molar-refractivity contribution in [3.05, 3.63) is 0 Å². The predicted octanol–water partition coefficient (Wildman–Crippen LogP) is 0.952. The van der Waals surface area contributed by atoms with Gasteiger partial charge in [0.15, 0.2) is 12.6 Å². The monoisotopic (exact) mass is 436 g/mol. The van der Waals surface area contributed by atoms with Crippen molar-refractivity contribution in [2.75, 3.05) is 39.5 Å². The summed E-state index contributed by atoms with van der Waals surface area (Å²) in [7, 11) is 2.12. The van der Waals surface area contributed by atoms with Gasteiger partial charge < -0.3 is 29.6 Å². The highest BCUT2D eigenvalue weighted by Crippen LogP contribution is 2.17. The van der Waals surface area contributed by atoms with Gasteiger partial charge in [-0.1, -0.05) is 0 Å². The van der Waals surface area contributed by atoms with Crippen LogP contribution in [-0.2, 0) is 18.9 Å². The molecule has 0 spiro atoms. The molecule has 0 rings (SSSR count). The Morgan fingerprint density at radius 3 is 1.32 bits per heavy atom. The number of hydrogen-bond donors (Lipinski definition) is 2. The quantitative estimate of drug-likeness (QED) is 0.247. The molecule has 0 aliphatic heterocycles. The molecule has 2 unspecified atom stereocenters. The molecule has 2 N–H and O–H groups in total. The molecular formula is C19H44N2O5Si2. The van der Waals surface area contributed by atoms with Crippen LogP contribution in [0.15, 0.2) is 0 Å². The highest BCUT2D eigenvalue weighted by Gasteiger charge is 2.15. The molecule has 0 fully saturated rings. The maximum atomic E-state index is 12.0. The van der Waals surface area contributed by atoms with Crippen molar-refractivity contribution in [2.45, 2.75) is 77.0 Å². The topological polar surface area (TPSA) is 78.1 Å². The minimum atomic E-state index is -0.116. The van der Waals surface area contributed by atoms with Gasteiger partial charge in [-0.3, -0.25) is 0 Å². The van der Waals surface area contributed by atoms with Crippen LogP contribution in [0.4, 0.5) is 4.79 Å². The van der Waals surface area contributed by atoms with E-state index in [4.69, 9.17) is 18.9 Å². The SMILES string of the molecule is CCOC(CC([SiH3])CCNC(=O)NCCC([SiH3])CC(OCC)OCC)OCC. The van der Waals surface area contributed by atoms with Gasteiger partial charge in [0.05, 0.1) is 0 Å². The second-order valence-corrected chi connectivity index (χ2v) is 10.4. The summed E-state index contributed by atoms with van der Waals surface area (Å²) in [5.74, 6) is 0. The zero-order chi connectivity index (χ0) is 21.2. The van der Waals surface area contributed by atoms with Crippen LogP contribution in [0.25, 0.3) is 0 Å². The fourth-order valence-corrected chi connectivity index (χ4v) is 4.28. The number of amides is 2. The first kappa shape index (κ1) is 27.5. The van der Waals surface area contributed by atoms with Crippen LogP contribution in [0.1, 0.15) is 53.4 Å². The summed E-state index contributed by atoms with van der Waals surface area (Å²) in [6.07, 6.45) is 3.50. The van der Waals surface area contributed by atoms with Crippen LogP contribution in [0.3, 0.4) is 0 Å². The van der Waals surface area contributed by atoms with Gasteiger partial charge in [-0.25, -0.2) is 4.79 Å². The molecular weight excluding hydrogens is 392 g/mol. The molecule has 0 radical (unpaired) electrons. The van der Waals surface area contributed by atoms with Crippen LogP contribution in [0.5, 0.6) is 0 Å². The van der Waals surface area contributed by atoms with E-state index in [9.17, 15) is 4.79 Å². The van der Waals surface area contributed by atoms with E-state index in [1.165, 1.54) is 0 Å². The number of urea groups is 1. The third-order valence-corrected chi connectivity index (χ3v) is 6.54. The summed E-state index contributed by atoms with van der Waals surface area (Å²) < 4.78 is 22.4. The lowest BCUT2D eigenvalue weighted by Gasteiger charge is -2.21. The lowest BCUT2D eigenvalue weighted by molar-refractivity contribution is -0.140. The van der Waals surface area contributed by atoms with Crippen LogP contribution in [0.2, 0.25) is 11.1 Å². The van der Waals surface area contributed by atoms with Crippen LogP contribution >= 0.6 is 0 Å². The maximum absolute atomic E-state index is 12.0. The van der Waals surface area contributed by atoms with Crippen LogP contribution in [-0.4, -0.2) is 78.6 Å². The molecule has 7 nitrogen and oxygen atoms in total. The molecule has 0 aromatic rings. The Morgan fingerprint density at radius 1 is 0.714 bits per heavy atom. The Kier molecular flexibility index (Phi) is 18.3. The van der Waals surface area contributed by atoms with Crippen molar-refractivity contribution in [1.29, 1.82) is 0 Å². The van der Waals surface area contributed by atoms with Gasteiger partial charge in [0.25, 0.3) is 0 Å². The summed E-state index contributed by atoms with van der Waals surface area (Å²) in [5.41, 5.74) is 1.12. The molecule has 0 bridgehead atoms. The van der Waals surface area contributed by atoms with Gasteiger partial charge in [0, 0.05) is 60.0 Å². The van der Waals surface area contributed by atoms with E-state index in [-0.39, 0.29) is 18.6 Å². The van der Waals surface area contributed by atoms with Crippen molar-refractivity contribution < 1.29 is 23.7 Å². The van der Waals surface area contributed by atoms with Gasteiger partial charge in [-0.2, -0.15) is 0 Å². The fourth-order valence-electron chi connectivity index (χ4n) is 2.93. The molecule has 0 aromatic carbocycles. The largest absolute Gasteiger partial charge is 0.353 e. The van der Waals surface area contributed by atoms with Crippen molar-refractivity contribution in [3.8, 4) is 0 Å². The summed E-state index contributed by atoms with van der Waals surface area (Å²) in [6, 6.07) is -0.0833. The Hall–Kier alpha value is -0.456. The maximum Gasteiger partial charge on any atom is 0.314 e. The molecule has 0 heterocycles. The number of hydrogen-bond acceptors (Lipinski definition) is 5. The predicted molar refractivity (Wildman–Crippen MR) is 121 cm³/mol. The highest BCUT2D eigenvalue weighted by atomic mass is 28.1. The van der Waals surface area contributed by atoms with Crippen LogP contribution < -0.4 is 10.6 Å². The van der Waals surface area contributed by atoms with E-state index in [1.54, 1.807) is 0 Å². The molecule has 2 amide bonds. The number of nitrogens with one attached hydrogen (secondary N) is 2. The summed E-state index contributed by atoms with van der Waals surface area (Å²) in [4.78, 5) is 12.0. The Balaban J connectivity index is 3.88. The first-order chi connectivity index (χ1) is 13.5. The molecule has 0 aliphatic rings. The highest BCUT2D eigenvalue weighted by molar-refractivity contribution is 6.11. The van der Waals surface area contributed by atoms with E-state index in [2.05, 4.69) is 10.6 Å². The van der Waals surface area contributed by atoms with Gasteiger partial charge in [-0.15, -0.1) is 0 Å². The first-order valence-electron chi connectivity index (χ1n) is 10.9. The summed E-state index contributed by atoms with van der Waals surface area (Å²) >= 11 is 0. The van der Waals surface area contributed by atoms with Crippen molar-refractivity contribution in [3.63, 3.8) is 0 Å². The molecule has 0 saturated carbocycles. The average molecular weight is 437 g/mol. The average Bonchev–Trinajstić information content (AvgIpc) is 2.62. The fraction of sp³-hybridized carbons (Fsp3) is 0.947. The van der Waals surface area contributed by atoms with E-state index in [1.807, 2.05) is 27.7 Å². The van der Waals surface area contributed by atoms with Gasteiger partial charge >= 0.3 is 6.03 Å². The second-order valence-electron chi connectivity index (χ2n) is 7.12. The second kappa shape index (κ2) is 18.6. The van der Waals surface area contributed by atoms with Crippen LogP contribution in [0, 0.1) is 0 Å². The van der Waals surface area contributed by atoms with Gasteiger partial charge in [0.1, 0.15) is 0 Å². The van der Waals surface area contributed by atoms with E-state index >= 15 is 0 Å². The van der Waals surface area contributed by atoms with E-state index < -0.39 is 0 Å². The Labute approximate surface area is 177 Å². The molecule has 0 saturated heterocycles. The van der Waals surface area contributed by atoms with Crippen molar-refractivity contribution in [2.24, 2.45) is 0 Å². The first-order valence-corrected chi connectivity index (χ1v) is 13.3. The van der Waals surface area contributed by atoms with Crippen molar-refractivity contribution >= 4 is 26.5 Å². The zero-order valence-corrected chi connectivity index (χ0v) is 22.9. The standard InChI is InChI=1S/C19H44N2O5Si2/c1-5-23-17(24-6-2)13-15(27)9-11-20-19(22)21-12-10-16(28)14-18(25-7-3)26-8-4/h15-18H,5-14H2,1-4,27-28H3,(H2,20,21,22). The zero-order valence-electron chi connectivity index (χ0n) is 18.9. The minimum Gasteiger partial charge on any atom is -0.353 e. The molecule has 9 heteroatoms. The number of ether oxygens (including phenoxy) is 4.